The fraction of sp³-hybridized carbons (Fsp3) is 0.0556. The molecule has 132 valence electrons. The van der Waals surface area contributed by atoms with Crippen molar-refractivity contribution in [2.75, 3.05) is 7.05 Å². The second kappa shape index (κ2) is 7.23. The maximum Gasteiger partial charge on any atom is 0.339 e. The van der Waals surface area contributed by atoms with E-state index in [1.165, 1.54) is 34.9 Å². The summed E-state index contributed by atoms with van der Waals surface area (Å²) in [4.78, 5) is 29.6. The number of aromatic hydroxyl groups is 1. The summed E-state index contributed by atoms with van der Waals surface area (Å²) in [5.41, 5.74) is 0.978. The molecule has 0 aliphatic carbocycles. The Kier molecular flexibility index (Phi) is 5.01. The summed E-state index contributed by atoms with van der Waals surface area (Å²) in [6.45, 7) is 0. The number of halogens is 1. The van der Waals surface area contributed by atoms with Crippen LogP contribution in [-0.4, -0.2) is 39.2 Å². The van der Waals surface area contributed by atoms with E-state index in [9.17, 15) is 14.7 Å². The van der Waals surface area contributed by atoms with Crippen molar-refractivity contribution in [1.29, 1.82) is 0 Å². The van der Waals surface area contributed by atoms with E-state index in [2.05, 4.69) is 4.99 Å². The fourth-order valence-electron chi connectivity index (χ4n) is 2.24. The van der Waals surface area contributed by atoms with Crippen LogP contribution in [-0.2, 0) is 4.79 Å². The van der Waals surface area contributed by atoms with Crippen molar-refractivity contribution >= 4 is 52.2 Å². The van der Waals surface area contributed by atoms with E-state index >= 15 is 0 Å². The first-order valence-electron chi connectivity index (χ1n) is 7.43. The molecule has 2 N–H and O–H groups in total. The molecule has 0 atom stereocenters. The number of hydrogen-bond donors (Lipinski definition) is 2. The van der Waals surface area contributed by atoms with Crippen LogP contribution in [0.15, 0.2) is 52.4 Å². The van der Waals surface area contributed by atoms with Gasteiger partial charge in [0, 0.05) is 18.1 Å². The predicted molar refractivity (Wildman–Crippen MR) is 102 cm³/mol. The average Bonchev–Trinajstić information content (AvgIpc) is 2.85. The molecule has 1 aliphatic rings. The van der Waals surface area contributed by atoms with Gasteiger partial charge in [0.1, 0.15) is 11.3 Å². The number of carbonyl (C=O) groups is 2. The molecule has 8 heteroatoms. The van der Waals surface area contributed by atoms with Crippen molar-refractivity contribution in [3.63, 3.8) is 0 Å². The van der Waals surface area contributed by atoms with Crippen molar-refractivity contribution in [2.45, 2.75) is 0 Å². The van der Waals surface area contributed by atoms with E-state index in [0.29, 0.717) is 20.8 Å². The average molecular weight is 389 g/mol. The highest BCUT2D eigenvalue weighted by Crippen LogP contribution is 2.34. The van der Waals surface area contributed by atoms with Crippen LogP contribution in [0.1, 0.15) is 15.9 Å². The van der Waals surface area contributed by atoms with Gasteiger partial charge in [-0.3, -0.25) is 9.69 Å². The molecule has 2 aromatic rings. The number of benzene rings is 2. The summed E-state index contributed by atoms with van der Waals surface area (Å²) in [6.07, 6.45) is 1.74. The summed E-state index contributed by atoms with van der Waals surface area (Å²) in [6, 6.07) is 11.1. The van der Waals surface area contributed by atoms with Gasteiger partial charge in [-0.25, -0.2) is 9.79 Å². The van der Waals surface area contributed by atoms with Gasteiger partial charge in [-0.2, -0.15) is 0 Å². The molecule has 0 radical (unpaired) electrons. The molecule has 2 aromatic carbocycles. The highest BCUT2D eigenvalue weighted by atomic mass is 35.5. The first-order valence-corrected chi connectivity index (χ1v) is 8.63. The lowest BCUT2D eigenvalue weighted by molar-refractivity contribution is -0.121. The van der Waals surface area contributed by atoms with Crippen molar-refractivity contribution in [3.05, 3.63) is 63.5 Å². The zero-order chi connectivity index (χ0) is 18.8. The second-order valence-electron chi connectivity index (χ2n) is 5.43. The molecular weight excluding hydrogens is 376 g/mol. The Morgan fingerprint density at radius 3 is 2.54 bits per heavy atom. The van der Waals surface area contributed by atoms with Crippen LogP contribution in [0, 0.1) is 0 Å². The number of nitrogens with zero attached hydrogens (tertiary/aromatic N) is 2. The Labute approximate surface area is 158 Å². The predicted octanol–water partition coefficient (Wildman–Crippen LogP) is 3.98. The van der Waals surface area contributed by atoms with E-state index in [-0.39, 0.29) is 17.2 Å². The van der Waals surface area contributed by atoms with Gasteiger partial charge in [-0.05, 0) is 47.7 Å². The van der Waals surface area contributed by atoms with E-state index in [1.54, 1.807) is 37.4 Å². The maximum atomic E-state index is 12.4. The van der Waals surface area contributed by atoms with Crippen LogP contribution in [0.5, 0.6) is 5.75 Å². The van der Waals surface area contributed by atoms with Gasteiger partial charge in [0.25, 0.3) is 5.91 Å². The zero-order valence-corrected chi connectivity index (χ0v) is 15.1. The highest BCUT2D eigenvalue weighted by molar-refractivity contribution is 8.18. The van der Waals surface area contributed by atoms with Gasteiger partial charge in [0.05, 0.1) is 10.6 Å². The molecule has 0 aromatic heterocycles. The van der Waals surface area contributed by atoms with E-state index < -0.39 is 5.97 Å². The van der Waals surface area contributed by atoms with E-state index in [4.69, 9.17) is 16.7 Å². The minimum atomic E-state index is -1.22. The summed E-state index contributed by atoms with van der Waals surface area (Å²) in [5.74, 6) is -1.80. The number of aliphatic imine (C=N–C) groups is 1. The summed E-state index contributed by atoms with van der Waals surface area (Å²) in [5, 5.41) is 19.7. The van der Waals surface area contributed by atoms with E-state index in [0.717, 1.165) is 5.56 Å². The Morgan fingerprint density at radius 1 is 1.23 bits per heavy atom. The third kappa shape index (κ3) is 3.74. The molecule has 1 fully saturated rings. The fourth-order valence-corrected chi connectivity index (χ4v) is 3.36. The largest absolute Gasteiger partial charge is 0.507 e. The Morgan fingerprint density at radius 2 is 1.92 bits per heavy atom. The number of aromatic carboxylic acids is 1. The molecule has 0 spiro atoms. The summed E-state index contributed by atoms with van der Waals surface area (Å²) in [7, 11) is 1.60. The number of rotatable bonds is 3. The minimum Gasteiger partial charge on any atom is -0.507 e. The number of amides is 1. The topological polar surface area (TPSA) is 90.2 Å². The van der Waals surface area contributed by atoms with Crippen LogP contribution >= 0.6 is 23.4 Å². The molecule has 26 heavy (non-hydrogen) atoms. The molecule has 1 aliphatic heterocycles. The smallest absolute Gasteiger partial charge is 0.339 e. The lowest BCUT2D eigenvalue weighted by Crippen LogP contribution is -2.23. The number of carboxylic acids is 1. The van der Waals surface area contributed by atoms with Gasteiger partial charge >= 0.3 is 5.97 Å². The molecule has 0 saturated carbocycles. The Hall–Kier alpha value is -2.77. The van der Waals surface area contributed by atoms with E-state index in [1.807, 2.05) is 0 Å². The molecule has 3 rings (SSSR count). The van der Waals surface area contributed by atoms with Crippen molar-refractivity contribution < 1.29 is 19.8 Å². The maximum absolute atomic E-state index is 12.4. The molecule has 1 heterocycles. The normalized spacial score (nSPS) is 17.3. The first kappa shape index (κ1) is 18.0. The summed E-state index contributed by atoms with van der Waals surface area (Å²) >= 11 is 7.05. The molecule has 6 nitrogen and oxygen atoms in total. The van der Waals surface area contributed by atoms with Crippen LogP contribution in [0.3, 0.4) is 0 Å². The molecule has 0 bridgehead atoms. The lowest BCUT2D eigenvalue weighted by atomic mass is 10.2. The van der Waals surface area contributed by atoms with Crippen molar-refractivity contribution in [3.8, 4) is 5.75 Å². The molecule has 1 saturated heterocycles. The van der Waals surface area contributed by atoms with Crippen molar-refractivity contribution in [2.24, 2.45) is 4.99 Å². The Bertz CT molecular complexity index is 954. The number of phenols is 1. The third-order valence-electron chi connectivity index (χ3n) is 3.61. The highest BCUT2D eigenvalue weighted by Gasteiger charge is 2.30. The second-order valence-corrected chi connectivity index (χ2v) is 6.87. The van der Waals surface area contributed by atoms with Gasteiger partial charge < -0.3 is 10.2 Å². The van der Waals surface area contributed by atoms with Gasteiger partial charge in [-0.15, -0.1) is 0 Å². The monoisotopic (exact) mass is 388 g/mol. The first-order chi connectivity index (χ1) is 12.3. The number of likely N-dealkylation sites (N-methyl/N-ethyl adjacent to an activating group) is 1. The quantitative estimate of drug-likeness (QED) is 0.776. The number of carboxylic acid groups (broad SMARTS) is 1. The molecular formula is C18H13ClN2O4S. The number of hydrogen-bond acceptors (Lipinski definition) is 5. The standard InChI is InChI=1S/C18H13ClN2O4S/c1-21-16(23)15(8-10-2-4-11(19)5-3-10)26-18(21)20-12-6-7-13(17(24)25)14(22)9-12/h2-9,22H,1H3,(H,24,25)/b15-8-,20-18?. The number of thioether (sulfide) groups is 1. The van der Waals surface area contributed by atoms with Gasteiger partial charge in [0.2, 0.25) is 0 Å². The van der Waals surface area contributed by atoms with Gasteiger partial charge in [-0.1, -0.05) is 23.7 Å². The van der Waals surface area contributed by atoms with Crippen LogP contribution in [0.2, 0.25) is 5.02 Å². The van der Waals surface area contributed by atoms with Crippen LogP contribution in [0.25, 0.3) is 6.08 Å². The minimum absolute atomic E-state index is 0.199. The number of amidine groups is 1. The SMILES string of the molecule is CN1C(=O)/C(=C/c2ccc(Cl)cc2)SC1=Nc1ccc(C(=O)O)c(O)c1. The molecule has 1 amide bonds. The molecule has 0 unspecified atom stereocenters. The summed E-state index contributed by atoms with van der Waals surface area (Å²) < 4.78 is 0. The zero-order valence-electron chi connectivity index (χ0n) is 13.5. The van der Waals surface area contributed by atoms with Crippen LogP contribution in [0.4, 0.5) is 5.69 Å². The number of carbonyl (C=O) groups excluding carboxylic acids is 1. The lowest BCUT2D eigenvalue weighted by Gasteiger charge is -2.07. The third-order valence-corrected chi connectivity index (χ3v) is 4.92. The Balaban J connectivity index is 1.88. The van der Waals surface area contributed by atoms with Gasteiger partial charge in [0.15, 0.2) is 5.17 Å². The van der Waals surface area contributed by atoms with Crippen LogP contribution < -0.4 is 0 Å². The van der Waals surface area contributed by atoms with Crippen molar-refractivity contribution in [1.82, 2.24) is 4.90 Å².